The molecule has 0 N–H and O–H groups in total. The highest BCUT2D eigenvalue weighted by atomic mass is 79.9. The summed E-state index contributed by atoms with van der Waals surface area (Å²) in [5.74, 6) is 0. The minimum absolute atomic E-state index is 0. The summed E-state index contributed by atoms with van der Waals surface area (Å²) in [6.07, 6.45) is 1.10. The first kappa shape index (κ1) is 12.5. The van der Waals surface area contributed by atoms with Crippen LogP contribution in [0.1, 0.15) is 11.1 Å². The van der Waals surface area contributed by atoms with Gasteiger partial charge in [0, 0.05) is 0 Å². The maximum atomic E-state index is 2.22. The Kier molecular flexibility index (Phi) is 4.12. The van der Waals surface area contributed by atoms with E-state index in [4.69, 9.17) is 0 Å². The van der Waals surface area contributed by atoms with Crippen molar-refractivity contribution in [2.24, 2.45) is 0 Å². The van der Waals surface area contributed by atoms with Crippen LogP contribution in [0.3, 0.4) is 0 Å². The van der Waals surface area contributed by atoms with Crippen LogP contribution in [0.15, 0.2) is 48.5 Å². The number of rotatable bonds is 0. The smallest absolute Gasteiger partial charge is 0.00135 e. The Labute approximate surface area is 111 Å². The molecule has 0 fully saturated rings. The fourth-order valence-electron chi connectivity index (χ4n) is 2.08. The van der Waals surface area contributed by atoms with Gasteiger partial charge in [-0.3, -0.25) is 0 Å². The van der Waals surface area contributed by atoms with E-state index >= 15 is 0 Å². The lowest BCUT2D eigenvalue weighted by atomic mass is 10.1. The lowest BCUT2D eigenvalue weighted by Gasteiger charge is -1.98. The minimum Gasteiger partial charge on any atom is -0.114 e. The van der Waals surface area contributed by atoms with Gasteiger partial charge in [0.05, 0.1) is 0 Å². The van der Waals surface area contributed by atoms with E-state index in [0.717, 1.165) is 6.42 Å². The maximum Gasteiger partial charge on any atom is -0.00135 e. The lowest BCUT2D eigenvalue weighted by Crippen LogP contribution is -1.77. The molecule has 0 nitrogen and oxygen atoms in total. The summed E-state index contributed by atoms with van der Waals surface area (Å²) in [4.78, 5) is 0. The Morgan fingerprint density at radius 1 is 0.600 bits per heavy atom. The molecule has 0 bridgehead atoms. The van der Waals surface area contributed by atoms with Crippen LogP contribution in [-0.2, 0) is 6.42 Å². The monoisotopic (exact) mass is 326 g/mol. The van der Waals surface area contributed by atoms with Crippen molar-refractivity contribution in [3.05, 3.63) is 59.7 Å². The van der Waals surface area contributed by atoms with Gasteiger partial charge in [0.2, 0.25) is 0 Å². The van der Waals surface area contributed by atoms with Crippen LogP contribution in [0.2, 0.25) is 0 Å². The molecule has 0 saturated carbocycles. The molecule has 2 aromatic rings. The van der Waals surface area contributed by atoms with Crippen molar-refractivity contribution in [1.82, 2.24) is 0 Å². The van der Waals surface area contributed by atoms with Gasteiger partial charge in [-0.05, 0) is 28.7 Å². The number of hydrogen-bond donors (Lipinski definition) is 0. The lowest BCUT2D eigenvalue weighted by molar-refractivity contribution is 1.26. The first-order chi connectivity index (χ1) is 6.45. The van der Waals surface area contributed by atoms with Crippen molar-refractivity contribution in [2.45, 2.75) is 6.42 Å². The highest BCUT2D eigenvalue weighted by Gasteiger charge is 2.15. The van der Waals surface area contributed by atoms with Crippen LogP contribution in [0.4, 0.5) is 0 Å². The number of benzene rings is 2. The van der Waals surface area contributed by atoms with Gasteiger partial charge in [0.25, 0.3) is 0 Å². The van der Waals surface area contributed by atoms with E-state index in [0.29, 0.717) is 0 Å². The molecule has 0 atom stereocenters. The van der Waals surface area contributed by atoms with Crippen LogP contribution in [0.5, 0.6) is 0 Å². The van der Waals surface area contributed by atoms with E-state index in [1.165, 1.54) is 22.3 Å². The second kappa shape index (κ2) is 4.95. The average molecular weight is 328 g/mol. The van der Waals surface area contributed by atoms with E-state index in [9.17, 15) is 0 Å². The molecule has 2 heteroatoms. The molecule has 3 rings (SSSR count). The third-order valence-electron chi connectivity index (χ3n) is 2.71. The van der Waals surface area contributed by atoms with Crippen LogP contribution in [0.25, 0.3) is 11.1 Å². The quantitative estimate of drug-likeness (QED) is 0.573. The largest absolute Gasteiger partial charge is 0.114 e. The first-order valence-electron chi connectivity index (χ1n) is 4.61. The van der Waals surface area contributed by atoms with E-state index in [2.05, 4.69) is 48.5 Å². The SMILES string of the molecule is Br.Br.c1ccc2c(c1)Cc1ccccc1-2. The summed E-state index contributed by atoms with van der Waals surface area (Å²) in [6, 6.07) is 17.3. The molecular weight excluding hydrogens is 316 g/mol. The van der Waals surface area contributed by atoms with Crippen LogP contribution in [0, 0.1) is 0 Å². The molecule has 0 amide bonds. The zero-order valence-corrected chi connectivity index (χ0v) is 11.6. The summed E-state index contributed by atoms with van der Waals surface area (Å²) in [7, 11) is 0. The number of hydrogen-bond acceptors (Lipinski definition) is 0. The highest BCUT2D eigenvalue weighted by molar-refractivity contribution is 8.93. The molecule has 0 aliphatic heterocycles. The van der Waals surface area contributed by atoms with Crippen molar-refractivity contribution in [2.75, 3.05) is 0 Å². The van der Waals surface area contributed by atoms with E-state index in [1.807, 2.05) is 0 Å². The summed E-state index contributed by atoms with van der Waals surface area (Å²) in [6.45, 7) is 0. The fraction of sp³-hybridized carbons (Fsp3) is 0.0769. The number of halogens is 2. The molecule has 0 heterocycles. The van der Waals surface area contributed by atoms with Gasteiger partial charge in [-0.25, -0.2) is 0 Å². The van der Waals surface area contributed by atoms with E-state index in [-0.39, 0.29) is 34.0 Å². The number of fused-ring (bicyclic) bond motifs is 3. The Hall–Kier alpha value is -0.600. The molecule has 0 unspecified atom stereocenters. The molecule has 0 saturated heterocycles. The first-order valence-corrected chi connectivity index (χ1v) is 4.61. The molecule has 0 spiro atoms. The summed E-state index contributed by atoms with van der Waals surface area (Å²) in [5.41, 5.74) is 5.75. The molecule has 2 aromatic carbocycles. The van der Waals surface area contributed by atoms with Crippen LogP contribution in [-0.4, -0.2) is 0 Å². The predicted octanol–water partition coefficient (Wildman–Crippen LogP) is 4.41. The van der Waals surface area contributed by atoms with Gasteiger partial charge in [-0.1, -0.05) is 48.5 Å². The topological polar surface area (TPSA) is 0 Å². The van der Waals surface area contributed by atoms with E-state index < -0.39 is 0 Å². The Morgan fingerprint density at radius 3 is 1.47 bits per heavy atom. The van der Waals surface area contributed by atoms with Gasteiger partial charge in [0.1, 0.15) is 0 Å². The molecule has 78 valence electrons. The van der Waals surface area contributed by atoms with Crippen molar-refractivity contribution in [3.63, 3.8) is 0 Å². The summed E-state index contributed by atoms with van der Waals surface area (Å²) in [5, 5.41) is 0. The second-order valence-electron chi connectivity index (χ2n) is 3.49. The van der Waals surface area contributed by atoms with Crippen molar-refractivity contribution in [3.8, 4) is 11.1 Å². The van der Waals surface area contributed by atoms with Crippen molar-refractivity contribution in [1.29, 1.82) is 0 Å². The molecule has 0 radical (unpaired) electrons. The van der Waals surface area contributed by atoms with Gasteiger partial charge in [-0.2, -0.15) is 0 Å². The molecular formula is C13H12Br2. The van der Waals surface area contributed by atoms with Crippen molar-refractivity contribution >= 4 is 34.0 Å². The Morgan fingerprint density at radius 2 is 1.00 bits per heavy atom. The Bertz CT molecular complexity index is 420. The second-order valence-corrected chi connectivity index (χ2v) is 3.49. The van der Waals surface area contributed by atoms with Gasteiger partial charge in [-0.15, -0.1) is 34.0 Å². The van der Waals surface area contributed by atoms with Gasteiger partial charge in [0.15, 0.2) is 0 Å². The summed E-state index contributed by atoms with van der Waals surface area (Å²) < 4.78 is 0. The fourth-order valence-corrected chi connectivity index (χ4v) is 2.08. The third-order valence-corrected chi connectivity index (χ3v) is 2.71. The Balaban J connectivity index is 0.000000562. The zero-order valence-electron chi connectivity index (χ0n) is 8.14. The zero-order chi connectivity index (χ0) is 8.67. The van der Waals surface area contributed by atoms with Gasteiger partial charge >= 0.3 is 0 Å². The molecule has 15 heavy (non-hydrogen) atoms. The van der Waals surface area contributed by atoms with Crippen molar-refractivity contribution < 1.29 is 0 Å². The minimum atomic E-state index is 0. The highest BCUT2D eigenvalue weighted by Crippen LogP contribution is 2.35. The maximum absolute atomic E-state index is 2.22. The molecule has 1 aliphatic carbocycles. The normalized spacial score (nSPS) is 10.7. The van der Waals surface area contributed by atoms with E-state index in [1.54, 1.807) is 0 Å². The average Bonchev–Trinajstić information content (AvgIpc) is 2.56. The third kappa shape index (κ3) is 2.01. The van der Waals surface area contributed by atoms with Crippen LogP contribution >= 0.6 is 34.0 Å². The van der Waals surface area contributed by atoms with Gasteiger partial charge < -0.3 is 0 Å². The molecule has 1 aliphatic rings. The molecule has 0 aromatic heterocycles. The van der Waals surface area contributed by atoms with Crippen LogP contribution < -0.4 is 0 Å². The predicted molar refractivity (Wildman–Crippen MR) is 75.3 cm³/mol. The standard InChI is InChI=1S/C13H10.2BrH/c1-3-7-12-10(5-1)9-11-6-2-4-8-13(11)12;;/h1-8H,9H2;2*1H. The summed E-state index contributed by atoms with van der Waals surface area (Å²) >= 11 is 0.